The topological polar surface area (TPSA) is 105 Å². The molecule has 1 aliphatic carbocycles. The summed E-state index contributed by atoms with van der Waals surface area (Å²) in [5, 5.41) is 17.3. The molecular weight excluding hydrogens is 520 g/mol. The summed E-state index contributed by atoms with van der Waals surface area (Å²) in [4.78, 5) is 26.7. The Morgan fingerprint density at radius 3 is 2.56 bits per heavy atom. The first-order valence-electron chi connectivity index (χ1n) is 11.5. The van der Waals surface area contributed by atoms with Gasteiger partial charge in [-0.2, -0.15) is 10.2 Å². The van der Waals surface area contributed by atoms with Crippen LogP contribution in [0.2, 0.25) is 0 Å². The fraction of sp³-hybridized carbons (Fsp3) is 0.185. The van der Waals surface area contributed by atoms with Gasteiger partial charge in [0, 0.05) is 40.6 Å². The second-order valence-corrected chi connectivity index (χ2v) is 9.74. The van der Waals surface area contributed by atoms with Crippen LogP contribution in [-0.4, -0.2) is 37.8 Å². The van der Waals surface area contributed by atoms with E-state index in [2.05, 4.69) is 41.9 Å². The van der Waals surface area contributed by atoms with Crippen molar-refractivity contribution in [2.45, 2.75) is 25.8 Å². The first-order valence-corrected chi connectivity index (χ1v) is 12.3. The maximum Gasteiger partial charge on any atom is 0.270 e. The number of aryl methyl sites for hydroxylation is 3. The van der Waals surface area contributed by atoms with Gasteiger partial charge in [-0.25, -0.2) is 0 Å². The van der Waals surface area contributed by atoms with Gasteiger partial charge in [0.1, 0.15) is 11.7 Å². The van der Waals surface area contributed by atoms with Gasteiger partial charge in [-0.1, -0.05) is 46.3 Å². The molecule has 2 atom stereocenters. The van der Waals surface area contributed by atoms with Crippen molar-refractivity contribution in [1.29, 1.82) is 0 Å². The van der Waals surface area contributed by atoms with Crippen LogP contribution in [0.1, 0.15) is 38.9 Å². The number of hydrogen-bond donors (Lipinski definition) is 3. The Kier molecular flexibility index (Phi) is 6.32. The minimum absolute atomic E-state index is 0.309. The van der Waals surface area contributed by atoms with E-state index in [4.69, 9.17) is 0 Å². The van der Waals surface area contributed by atoms with Gasteiger partial charge in [-0.05, 0) is 60.9 Å². The lowest BCUT2D eigenvalue weighted by molar-refractivity contribution is -0.118. The standard InChI is InChI=1S/C27H25BrN6O2/c1-15-24(16(2)33-32-15)18-5-9-20(10-6-18)30-27(36)25(31-26(35)23-12-13-29-34(23)3)21-11-7-17-4-8-19(28)14-22(17)21/h4-14,21,25H,1-3H3,(H,30,36)(H,31,35)(H,32,33)/t21-,25-/m0/s1. The first-order chi connectivity index (χ1) is 17.3. The summed E-state index contributed by atoms with van der Waals surface area (Å²) in [5.74, 6) is -1.00. The molecule has 0 radical (unpaired) electrons. The second-order valence-electron chi connectivity index (χ2n) is 8.82. The highest BCUT2D eigenvalue weighted by molar-refractivity contribution is 9.10. The molecule has 2 heterocycles. The average molecular weight is 545 g/mol. The molecule has 5 rings (SSSR count). The third-order valence-electron chi connectivity index (χ3n) is 6.44. The van der Waals surface area contributed by atoms with Gasteiger partial charge in [0.05, 0.1) is 5.69 Å². The number of benzene rings is 2. The number of nitrogens with one attached hydrogen (secondary N) is 3. The molecule has 4 aromatic rings. The summed E-state index contributed by atoms with van der Waals surface area (Å²) in [6.07, 6.45) is 5.49. The van der Waals surface area contributed by atoms with Crippen molar-refractivity contribution in [1.82, 2.24) is 25.3 Å². The Morgan fingerprint density at radius 2 is 1.89 bits per heavy atom. The van der Waals surface area contributed by atoms with Crippen molar-refractivity contribution >= 4 is 39.5 Å². The molecule has 0 spiro atoms. The summed E-state index contributed by atoms with van der Waals surface area (Å²) in [7, 11) is 1.69. The van der Waals surface area contributed by atoms with Crippen LogP contribution in [0, 0.1) is 13.8 Å². The maximum absolute atomic E-state index is 13.6. The van der Waals surface area contributed by atoms with Gasteiger partial charge in [-0.3, -0.25) is 19.4 Å². The monoisotopic (exact) mass is 544 g/mol. The summed E-state index contributed by atoms with van der Waals surface area (Å²) < 4.78 is 2.39. The van der Waals surface area contributed by atoms with Gasteiger partial charge in [0.25, 0.3) is 5.91 Å². The zero-order valence-electron chi connectivity index (χ0n) is 20.0. The summed E-state index contributed by atoms with van der Waals surface area (Å²) in [6.45, 7) is 3.93. The predicted molar refractivity (Wildman–Crippen MR) is 143 cm³/mol. The van der Waals surface area contributed by atoms with Crippen LogP contribution in [0.3, 0.4) is 0 Å². The van der Waals surface area contributed by atoms with E-state index in [0.717, 1.165) is 38.1 Å². The van der Waals surface area contributed by atoms with Crippen LogP contribution in [-0.2, 0) is 11.8 Å². The van der Waals surface area contributed by atoms with Gasteiger partial charge >= 0.3 is 0 Å². The number of H-pyrrole nitrogens is 1. The van der Waals surface area contributed by atoms with Crippen molar-refractivity contribution < 1.29 is 9.59 Å². The van der Waals surface area contributed by atoms with Gasteiger partial charge in [0.2, 0.25) is 5.91 Å². The van der Waals surface area contributed by atoms with Crippen molar-refractivity contribution in [3.8, 4) is 11.1 Å². The molecule has 2 aromatic carbocycles. The number of aromatic nitrogens is 4. The largest absolute Gasteiger partial charge is 0.338 e. The van der Waals surface area contributed by atoms with E-state index in [9.17, 15) is 9.59 Å². The lowest BCUT2D eigenvalue weighted by atomic mass is 9.92. The van der Waals surface area contributed by atoms with E-state index in [-0.39, 0.29) is 17.7 Å². The van der Waals surface area contributed by atoms with Crippen LogP contribution in [0.5, 0.6) is 0 Å². The molecule has 0 saturated carbocycles. The van der Waals surface area contributed by atoms with E-state index in [1.807, 2.05) is 68.5 Å². The Balaban J connectivity index is 1.42. The summed E-state index contributed by atoms with van der Waals surface area (Å²) in [6, 6.07) is 14.3. The zero-order chi connectivity index (χ0) is 25.4. The molecule has 9 heteroatoms. The molecule has 182 valence electrons. The summed E-state index contributed by atoms with van der Waals surface area (Å²) in [5.41, 5.74) is 6.96. The SMILES string of the molecule is Cc1n[nH]c(C)c1-c1ccc(NC(=O)[C@@H](NC(=O)c2ccnn2C)[C@H]2C=Cc3ccc(Br)cc32)cc1. The Morgan fingerprint density at radius 1 is 1.11 bits per heavy atom. The number of halogens is 1. The third kappa shape index (κ3) is 4.49. The van der Waals surface area contributed by atoms with Crippen molar-refractivity contribution in [2.24, 2.45) is 7.05 Å². The Bertz CT molecular complexity index is 1460. The van der Waals surface area contributed by atoms with E-state index < -0.39 is 6.04 Å². The number of anilines is 1. The number of carbonyl (C=O) groups is 2. The van der Waals surface area contributed by atoms with Crippen molar-refractivity contribution in [2.75, 3.05) is 5.32 Å². The molecule has 1 aliphatic rings. The third-order valence-corrected chi connectivity index (χ3v) is 6.94. The van der Waals surface area contributed by atoms with E-state index in [1.54, 1.807) is 19.3 Å². The lowest BCUT2D eigenvalue weighted by Crippen LogP contribution is -2.47. The second kappa shape index (κ2) is 9.58. The van der Waals surface area contributed by atoms with E-state index in [1.165, 1.54) is 4.68 Å². The maximum atomic E-state index is 13.6. The van der Waals surface area contributed by atoms with Crippen LogP contribution in [0.15, 0.2) is 65.3 Å². The number of carbonyl (C=O) groups excluding carboxylic acids is 2. The number of nitrogens with zero attached hydrogens (tertiary/aromatic N) is 3. The normalized spacial score (nSPS) is 14.9. The minimum atomic E-state index is -0.836. The number of aromatic amines is 1. The zero-order valence-corrected chi connectivity index (χ0v) is 21.6. The summed E-state index contributed by atoms with van der Waals surface area (Å²) >= 11 is 3.52. The van der Waals surface area contributed by atoms with E-state index in [0.29, 0.717) is 11.4 Å². The number of fused-ring (bicyclic) bond motifs is 1. The quantitative estimate of drug-likeness (QED) is 0.326. The molecule has 2 amide bonds. The highest BCUT2D eigenvalue weighted by atomic mass is 79.9. The predicted octanol–water partition coefficient (Wildman–Crippen LogP) is 4.74. The average Bonchev–Trinajstić information content (AvgIpc) is 3.56. The Hall–Kier alpha value is -3.98. The van der Waals surface area contributed by atoms with Crippen LogP contribution < -0.4 is 10.6 Å². The van der Waals surface area contributed by atoms with Crippen LogP contribution in [0.4, 0.5) is 5.69 Å². The van der Waals surface area contributed by atoms with Gasteiger partial charge in [0.15, 0.2) is 0 Å². The van der Waals surface area contributed by atoms with E-state index >= 15 is 0 Å². The molecule has 36 heavy (non-hydrogen) atoms. The minimum Gasteiger partial charge on any atom is -0.338 e. The molecule has 8 nitrogen and oxygen atoms in total. The Labute approximate surface area is 216 Å². The highest BCUT2D eigenvalue weighted by Crippen LogP contribution is 2.35. The molecule has 0 bridgehead atoms. The van der Waals surface area contributed by atoms with Crippen molar-refractivity contribution in [3.05, 3.63) is 93.5 Å². The number of rotatable bonds is 6. The molecule has 0 unspecified atom stereocenters. The van der Waals surface area contributed by atoms with Gasteiger partial charge in [-0.15, -0.1) is 0 Å². The van der Waals surface area contributed by atoms with Gasteiger partial charge < -0.3 is 10.6 Å². The first kappa shape index (κ1) is 23.7. The molecule has 0 fully saturated rings. The highest BCUT2D eigenvalue weighted by Gasteiger charge is 2.34. The fourth-order valence-electron chi connectivity index (χ4n) is 4.63. The van der Waals surface area contributed by atoms with Crippen molar-refractivity contribution in [3.63, 3.8) is 0 Å². The molecule has 3 N–H and O–H groups in total. The smallest absolute Gasteiger partial charge is 0.270 e. The number of hydrogen-bond acceptors (Lipinski definition) is 4. The van der Waals surface area contributed by atoms with Crippen LogP contribution >= 0.6 is 15.9 Å². The van der Waals surface area contributed by atoms with Crippen LogP contribution in [0.25, 0.3) is 17.2 Å². The molecule has 0 saturated heterocycles. The molecular formula is C27H25BrN6O2. The molecule has 2 aromatic heterocycles. The molecule has 0 aliphatic heterocycles. The fourth-order valence-corrected chi connectivity index (χ4v) is 5.01. The number of amides is 2. The lowest BCUT2D eigenvalue weighted by Gasteiger charge is -2.24.